The number of carbonyl (C=O) groups excluding carboxylic acids is 1. The van der Waals surface area contributed by atoms with Crippen molar-refractivity contribution in [3.8, 4) is 0 Å². The molecule has 0 saturated heterocycles. The van der Waals surface area contributed by atoms with Crippen molar-refractivity contribution in [1.82, 2.24) is 14.5 Å². The summed E-state index contributed by atoms with van der Waals surface area (Å²) in [5.41, 5.74) is 2.27. The second-order valence-corrected chi connectivity index (χ2v) is 4.34. The number of nitrogens with zero attached hydrogens (tertiary/aromatic N) is 2. The van der Waals surface area contributed by atoms with Crippen LogP contribution in [0.3, 0.4) is 0 Å². The Morgan fingerprint density at radius 3 is 3.29 bits per heavy atom. The third-order valence-electron chi connectivity index (χ3n) is 3.00. The van der Waals surface area contributed by atoms with E-state index in [0.717, 1.165) is 30.5 Å². The Hall–Kier alpha value is -1.01. The minimum atomic E-state index is -0.237. The molecular formula is C11H17N3O2S. The first-order valence-corrected chi connectivity index (χ1v) is 6.30. The van der Waals surface area contributed by atoms with Crippen molar-refractivity contribution < 1.29 is 9.53 Å². The van der Waals surface area contributed by atoms with E-state index >= 15 is 0 Å². The molecule has 5 nitrogen and oxygen atoms in total. The predicted molar refractivity (Wildman–Crippen MR) is 66.7 cm³/mol. The number of ether oxygens (including phenoxy) is 1. The second kappa shape index (κ2) is 5.55. The maximum absolute atomic E-state index is 11.4. The van der Waals surface area contributed by atoms with Gasteiger partial charge in [0.2, 0.25) is 0 Å². The average Bonchev–Trinajstić information content (AvgIpc) is 2.73. The largest absolute Gasteiger partial charge is 0.465 e. The van der Waals surface area contributed by atoms with E-state index < -0.39 is 0 Å². The van der Waals surface area contributed by atoms with Gasteiger partial charge in [-0.3, -0.25) is 14.2 Å². The highest BCUT2D eigenvalue weighted by Gasteiger charge is 2.24. The highest BCUT2D eigenvalue weighted by Crippen LogP contribution is 2.29. The fraction of sp³-hybridized carbons (Fsp3) is 0.636. The van der Waals surface area contributed by atoms with Crippen LogP contribution in [-0.2, 0) is 22.5 Å². The van der Waals surface area contributed by atoms with Gasteiger partial charge in [0.25, 0.3) is 0 Å². The zero-order chi connectivity index (χ0) is 12.3. The molecule has 1 heterocycles. The molecule has 2 rings (SSSR count). The molecule has 1 aromatic heterocycles. The molecule has 1 atom stereocenters. The van der Waals surface area contributed by atoms with Gasteiger partial charge in [0.05, 0.1) is 12.8 Å². The molecule has 1 aliphatic carbocycles. The molecule has 6 heteroatoms. The van der Waals surface area contributed by atoms with Crippen molar-refractivity contribution in [2.45, 2.75) is 38.8 Å². The summed E-state index contributed by atoms with van der Waals surface area (Å²) in [6.45, 7) is 2.41. The van der Waals surface area contributed by atoms with Gasteiger partial charge in [-0.25, -0.2) is 0 Å². The molecule has 0 radical (unpaired) electrons. The lowest BCUT2D eigenvalue weighted by Gasteiger charge is -2.21. The summed E-state index contributed by atoms with van der Waals surface area (Å²) in [6.07, 6.45) is 4.92. The van der Waals surface area contributed by atoms with Gasteiger partial charge in [0, 0.05) is 17.3 Å². The molecule has 0 saturated carbocycles. The quantitative estimate of drug-likeness (QED) is 0.628. The summed E-state index contributed by atoms with van der Waals surface area (Å²) in [4.78, 5) is 11.4. The van der Waals surface area contributed by atoms with Crippen molar-refractivity contribution in [1.29, 1.82) is 0 Å². The Kier molecular flexibility index (Phi) is 4.06. The van der Waals surface area contributed by atoms with Crippen LogP contribution < -0.4 is 4.72 Å². The molecule has 1 N–H and O–H groups in total. The van der Waals surface area contributed by atoms with E-state index in [9.17, 15) is 4.79 Å². The van der Waals surface area contributed by atoms with Gasteiger partial charge in [0.15, 0.2) is 0 Å². The van der Waals surface area contributed by atoms with Crippen molar-refractivity contribution in [3.05, 3.63) is 17.5 Å². The van der Waals surface area contributed by atoms with Gasteiger partial charge in [-0.15, -0.1) is 0 Å². The van der Waals surface area contributed by atoms with Crippen molar-refractivity contribution in [2.24, 2.45) is 0 Å². The first kappa shape index (κ1) is 12.4. The predicted octanol–water partition coefficient (Wildman–Crippen LogP) is 1.26. The zero-order valence-electron chi connectivity index (χ0n) is 9.85. The van der Waals surface area contributed by atoms with Crippen LogP contribution in [0.2, 0.25) is 0 Å². The summed E-state index contributed by atoms with van der Waals surface area (Å²) in [6, 6.07) is 0.234. The lowest BCUT2D eigenvalue weighted by Crippen LogP contribution is -2.21. The number of carbonyl (C=O) groups is 1. The number of rotatable bonds is 4. The van der Waals surface area contributed by atoms with E-state index in [1.165, 1.54) is 0 Å². The topological polar surface area (TPSA) is 56.2 Å². The molecular weight excluding hydrogens is 238 g/mol. The number of thiol groups is 1. The number of esters is 1. The minimum Gasteiger partial charge on any atom is -0.465 e. The van der Waals surface area contributed by atoms with Crippen LogP contribution in [-0.4, -0.2) is 22.4 Å². The number of aromatic nitrogens is 2. The van der Waals surface area contributed by atoms with E-state index in [4.69, 9.17) is 4.74 Å². The van der Waals surface area contributed by atoms with Gasteiger partial charge < -0.3 is 4.74 Å². The lowest BCUT2D eigenvalue weighted by molar-refractivity contribution is -0.144. The van der Waals surface area contributed by atoms with Crippen LogP contribution in [0.15, 0.2) is 6.20 Å². The highest BCUT2D eigenvalue weighted by molar-refractivity contribution is 7.78. The van der Waals surface area contributed by atoms with E-state index in [0.29, 0.717) is 6.61 Å². The fourth-order valence-corrected chi connectivity index (χ4v) is 2.49. The number of hydrogen-bond donors (Lipinski definition) is 2. The molecule has 0 amide bonds. The average molecular weight is 255 g/mol. The minimum absolute atomic E-state index is 0.197. The van der Waals surface area contributed by atoms with Crippen LogP contribution in [0.25, 0.3) is 0 Å². The van der Waals surface area contributed by atoms with Gasteiger partial charge in [-0.1, -0.05) is 12.8 Å². The van der Waals surface area contributed by atoms with Crippen LogP contribution in [0.5, 0.6) is 0 Å². The first-order chi connectivity index (χ1) is 8.26. The van der Waals surface area contributed by atoms with E-state index in [-0.39, 0.29) is 18.6 Å². The number of hydrogen-bond acceptors (Lipinski definition) is 5. The zero-order valence-corrected chi connectivity index (χ0v) is 10.7. The maximum atomic E-state index is 11.4. The molecule has 1 aromatic rings. The monoisotopic (exact) mass is 255 g/mol. The van der Waals surface area contributed by atoms with Gasteiger partial charge in [-0.05, 0) is 26.2 Å². The summed E-state index contributed by atoms with van der Waals surface area (Å²) in [5, 5.41) is 4.26. The van der Waals surface area contributed by atoms with E-state index in [1.807, 2.05) is 6.20 Å². The lowest BCUT2D eigenvalue weighted by atomic mass is 9.94. The van der Waals surface area contributed by atoms with Gasteiger partial charge >= 0.3 is 5.97 Å². The SMILES string of the molecule is CCOC(=O)Cn1ncc2c1CCCC2NS. The standard InChI is InChI=1S/C11H17N3O2S/c1-2-16-11(15)7-14-10-5-3-4-9(13-17)8(10)6-12-14/h6,9,13,17H,2-5,7H2,1H3. The molecule has 0 bridgehead atoms. The Bertz CT molecular complexity index is 405. The molecule has 0 aromatic carbocycles. The van der Waals surface area contributed by atoms with Crippen LogP contribution >= 0.6 is 12.8 Å². The normalized spacial score (nSPS) is 18.8. The maximum Gasteiger partial charge on any atom is 0.327 e. The first-order valence-electron chi connectivity index (χ1n) is 5.86. The van der Waals surface area contributed by atoms with Crippen molar-refractivity contribution >= 4 is 18.8 Å². The third kappa shape index (κ3) is 2.63. The summed E-state index contributed by atoms with van der Waals surface area (Å²) < 4.78 is 9.65. The highest BCUT2D eigenvalue weighted by atomic mass is 32.1. The van der Waals surface area contributed by atoms with E-state index in [1.54, 1.807) is 11.6 Å². The van der Waals surface area contributed by atoms with Crippen molar-refractivity contribution in [2.75, 3.05) is 6.61 Å². The molecule has 0 aliphatic heterocycles. The number of nitrogens with one attached hydrogen (secondary N) is 1. The molecule has 1 unspecified atom stereocenters. The smallest absolute Gasteiger partial charge is 0.327 e. The fourth-order valence-electron chi connectivity index (χ4n) is 2.22. The molecule has 17 heavy (non-hydrogen) atoms. The van der Waals surface area contributed by atoms with Crippen molar-refractivity contribution in [3.63, 3.8) is 0 Å². The Balaban J connectivity index is 2.15. The van der Waals surface area contributed by atoms with Gasteiger partial charge in [-0.2, -0.15) is 5.10 Å². The van der Waals surface area contributed by atoms with Gasteiger partial charge in [0.1, 0.15) is 6.54 Å². The number of fused-ring (bicyclic) bond motifs is 1. The molecule has 1 aliphatic rings. The summed E-state index contributed by atoms with van der Waals surface area (Å²) >= 11 is 4.12. The van der Waals surface area contributed by atoms with Crippen LogP contribution in [0, 0.1) is 0 Å². The summed E-state index contributed by atoms with van der Waals surface area (Å²) in [5.74, 6) is -0.237. The van der Waals surface area contributed by atoms with Crippen LogP contribution in [0.1, 0.15) is 37.1 Å². The third-order valence-corrected chi connectivity index (χ3v) is 3.31. The molecule has 94 valence electrons. The Morgan fingerprint density at radius 2 is 2.59 bits per heavy atom. The second-order valence-electron chi connectivity index (χ2n) is 4.08. The van der Waals surface area contributed by atoms with Crippen LogP contribution in [0.4, 0.5) is 0 Å². The van der Waals surface area contributed by atoms with E-state index in [2.05, 4.69) is 22.6 Å². The Morgan fingerprint density at radius 1 is 1.76 bits per heavy atom. The molecule has 0 fully saturated rings. The summed E-state index contributed by atoms with van der Waals surface area (Å²) in [7, 11) is 0. The Labute approximate surface area is 106 Å². The molecule has 0 spiro atoms.